The van der Waals surface area contributed by atoms with Crippen molar-refractivity contribution in [3.63, 3.8) is 0 Å². The molecule has 0 heterocycles. The first kappa shape index (κ1) is 14.7. The average Bonchev–Trinajstić information content (AvgIpc) is 2.34. The van der Waals surface area contributed by atoms with Gasteiger partial charge < -0.3 is 11.1 Å². The van der Waals surface area contributed by atoms with Crippen LogP contribution in [-0.2, 0) is 0 Å². The second-order valence-corrected chi connectivity index (χ2v) is 4.59. The van der Waals surface area contributed by atoms with Crippen LogP contribution in [0.1, 0.15) is 29.6 Å². The van der Waals surface area contributed by atoms with E-state index in [0.29, 0.717) is 12.1 Å². The van der Waals surface area contributed by atoms with E-state index in [1.54, 1.807) is 0 Å². The lowest BCUT2D eigenvalue weighted by molar-refractivity contribution is 0.0953. The summed E-state index contributed by atoms with van der Waals surface area (Å²) in [5.74, 6) is 2.32. The maximum atomic E-state index is 11.8. The second kappa shape index (κ2) is 7.15. The van der Waals surface area contributed by atoms with Gasteiger partial charge in [0.1, 0.15) is 0 Å². The highest BCUT2D eigenvalue weighted by Gasteiger charge is 2.10. The molecule has 0 fully saturated rings. The summed E-state index contributed by atoms with van der Waals surface area (Å²) in [7, 11) is 0. The van der Waals surface area contributed by atoms with Crippen LogP contribution in [0.15, 0.2) is 12.1 Å². The molecule has 0 atom stereocenters. The van der Waals surface area contributed by atoms with E-state index in [4.69, 9.17) is 35.4 Å². The molecule has 0 bridgehead atoms. The number of nitrogen functional groups attached to an aromatic ring is 1. The van der Waals surface area contributed by atoms with Gasteiger partial charge in [-0.05, 0) is 25.0 Å². The number of rotatable bonds is 5. The van der Waals surface area contributed by atoms with Gasteiger partial charge >= 0.3 is 0 Å². The summed E-state index contributed by atoms with van der Waals surface area (Å²) < 4.78 is 0. The lowest BCUT2D eigenvalue weighted by Crippen LogP contribution is -2.24. The highest BCUT2D eigenvalue weighted by molar-refractivity contribution is 6.39. The zero-order valence-corrected chi connectivity index (χ0v) is 11.3. The fourth-order valence-electron chi connectivity index (χ4n) is 1.37. The Labute approximate surface area is 117 Å². The minimum Gasteiger partial charge on any atom is -0.396 e. The van der Waals surface area contributed by atoms with Gasteiger partial charge in [0.25, 0.3) is 5.91 Å². The van der Waals surface area contributed by atoms with Crippen molar-refractivity contribution >= 4 is 34.8 Å². The SMILES string of the molecule is C#CCCCCNC(=O)c1cc(Cl)c(N)c(Cl)c1. The Morgan fingerprint density at radius 3 is 2.50 bits per heavy atom. The molecule has 96 valence electrons. The van der Waals surface area contributed by atoms with Crippen molar-refractivity contribution in [2.45, 2.75) is 19.3 Å². The van der Waals surface area contributed by atoms with Gasteiger partial charge in [0.2, 0.25) is 0 Å². The first-order valence-corrected chi connectivity index (χ1v) is 6.28. The summed E-state index contributed by atoms with van der Waals surface area (Å²) in [4.78, 5) is 11.8. The molecule has 0 aliphatic heterocycles. The quantitative estimate of drug-likeness (QED) is 0.496. The number of halogens is 2. The zero-order chi connectivity index (χ0) is 13.5. The highest BCUT2D eigenvalue weighted by Crippen LogP contribution is 2.28. The third-order valence-corrected chi connectivity index (χ3v) is 3.00. The second-order valence-electron chi connectivity index (χ2n) is 3.77. The fraction of sp³-hybridized carbons (Fsp3) is 0.308. The van der Waals surface area contributed by atoms with Gasteiger partial charge in [0, 0.05) is 18.5 Å². The van der Waals surface area contributed by atoms with E-state index in [1.807, 2.05) is 0 Å². The Kier molecular flexibility index (Phi) is 5.84. The normalized spacial score (nSPS) is 9.83. The Morgan fingerprint density at radius 2 is 1.94 bits per heavy atom. The Hall–Kier alpha value is -1.37. The number of benzene rings is 1. The van der Waals surface area contributed by atoms with Crippen LogP contribution in [0.5, 0.6) is 0 Å². The molecule has 0 unspecified atom stereocenters. The highest BCUT2D eigenvalue weighted by atomic mass is 35.5. The van der Waals surface area contributed by atoms with Gasteiger partial charge in [-0.2, -0.15) is 0 Å². The minimum atomic E-state index is -0.223. The van der Waals surface area contributed by atoms with Gasteiger partial charge in [0.05, 0.1) is 15.7 Å². The fourth-order valence-corrected chi connectivity index (χ4v) is 1.86. The van der Waals surface area contributed by atoms with Crippen molar-refractivity contribution in [1.82, 2.24) is 5.32 Å². The van der Waals surface area contributed by atoms with Crippen molar-refractivity contribution in [2.24, 2.45) is 0 Å². The van der Waals surface area contributed by atoms with Crippen LogP contribution in [0.3, 0.4) is 0 Å². The van der Waals surface area contributed by atoms with Crippen molar-refractivity contribution in [3.05, 3.63) is 27.7 Å². The topological polar surface area (TPSA) is 55.1 Å². The standard InChI is InChI=1S/C13H14Cl2N2O/c1-2-3-4-5-6-17-13(18)9-7-10(14)12(16)11(15)8-9/h1,7-8H,3-6,16H2,(H,17,18). The molecule has 0 aromatic heterocycles. The van der Waals surface area contributed by atoms with Gasteiger partial charge in [-0.3, -0.25) is 4.79 Å². The summed E-state index contributed by atoms with van der Waals surface area (Å²) in [6.45, 7) is 0.570. The van der Waals surface area contributed by atoms with Crippen molar-refractivity contribution in [1.29, 1.82) is 0 Å². The van der Waals surface area contributed by atoms with Crippen LogP contribution in [0.25, 0.3) is 0 Å². The van der Waals surface area contributed by atoms with Crippen molar-refractivity contribution in [2.75, 3.05) is 12.3 Å². The van der Waals surface area contributed by atoms with E-state index < -0.39 is 0 Å². The molecule has 1 rings (SSSR count). The van der Waals surface area contributed by atoms with Crippen molar-refractivity contribution < 1.29 is 4.79 Å². The number of hydrogen-bond donors (Lipinski definition) is 2. The van der Waals surface area contributed by atoms with Crippen LogP contribution in [0.4, 0.5) is 5.69 Å². The van der Waals surface area contributed by atoms with E-state index in [9.17, 15) is 4.79 Å². The molecule has 0 saturated carbocycles. The molecular weight excluding hydrogens is 271 g/mol. The van der Waals surface area contributed by atoms with Crippen LogP contribution >= 0.6 is 23.2 Å². The smallest absolute Gasteiger partial charge is 0.251 e. The Bertz CT molecular complexity index is 457. The predicted molar refractivity (Wildman–Crippen MR) is 75.9 cm³/mol. The number of anilines is 1. The molecule has 0 aliphatic carbocycles. The summed E-state index contributed by atoms with van der Waals surface area (Å²) >= 11 is 11.7. The zero-order valence-electron chi connectivity index (χ0n) is 9.80. The van der Waals surface area contributed by atoms with Crippen LogP contribution < -0.4 is 11.1 Å². The molecule has 3 nitrogen and oxygen atoms in total. The van der Waals surface area contributed by atoms with E-state index in [0.717, 1.165) is 19.3 Å². The Morgan fingerprint density at radius 1 is 1.33 bits per heavy atom. The first-order valence-electron chi connectivity index (χ1n) is 5.52. The van der Waals surface area contributed by atoms with Crippen LogP contribution in [0.2, 0.25) is 10.0 Å². The van der Waals surface area contributed by atoms with E-state index in [2.05, 4.69) is 11.2 Å². The predicted octanol–water partition coefficient (Wildman–Crippen LogP) is 3.11. The monoisotopic (exact) mass is 284 g/mol. The van der Waals surface area contributed by atoms with E-state index in [-0.39, 0.29) is 21.6 Å². The van der Waals surface area contributed by atoms with Crippen molar-refractivity contribution in [3.8, 4) is 12.3 Å². The van der Waals surface area contributed by atoms with Crippen LogP contribution in [-0.4, -0.2) is 12.5 Å². The lowest BCUT2D eigenvalue weighted by atomic mass is 10.2. The maximum absolute atomic E-state index is 11.8. The molecule has 0 radical (unpaired) electrons. The molecule has 0 spiro atoms. The summed E-state index contributed by atoms with van der Waals surface area (Å²) in [5, 5.41) is 3.32. The average molecular weight is 285 g/mol. The molecule has 0 saturated heterocycles. The maximum Gasteiger partial charge on any atom is 0.251 e. The third-order valence-electron chi connectivity index (χ3n) is 2.37. The molecule has 1 aromatic rings. The number of carbonyl (C=O) groups is 1. The number of carbonyl (C=O) groups excluding carboxylic acids is 1. The molecule has 5 heteroatoms. The lowest BCUT2D eigenvalue weighted by Gasteiger charge is -2.07. The first-order chi connectivity index (χ1) is 8.56. The van der Waals surface area contributed by atoms with Gasteiger partial charge in [0.15, 0.2) is 0 Å². The molecular formula is C13H14Cl2N2O. The van der Waals surface area contributed by atoms with Gasteiger partial charge in [-0.25, -0.2) is 0 Å². The number of terminal acetylenes is 1. The third kappa shape index (κ3) is 4.14. The Balaban J connectivity index is 2.55. The van der Waals surface area contributed by atoms with E-state index >= 15 is 0 Å². The van der Waals surface area contributed by atoms with Gasteiger partial charge in [-0.1, -0.05) is 23.2 Å². The summed E-state index contributed by atoms with van der Waals surface area (Å²) in [6.07, 6.45) is 7.58. The molecule has 1 amide bonds. The molecule has 3 N–H and O–H groups in total. The number of nitrogens with two attached hydrogens (primary N) is 1. The number of hydrogen-bond acceptors (Lipinski definition) is 2. The number of unbranched alkanes of at least 4 members (excludes halogenated alkanes) is 2. The van der Waals surface area contributed by atoms with E-state index in [1.165, 1.54) is 12.1 Å². The minimum absolute atomic E-state index is 0.223. The molecule has 18 heavy (non-hydrogen) atoms. The largest absolute Gasteiger partial charge is 0.396 e. The molecule has 0 aliphatic rings. The number of nitrogens with one attached hydrogen (secondary N) is 1. The summed E-state index contributed by atoms with van der Waals surface area (Å²) in [6, 6.07) is 3.00. The summed E-state index contributed by atoms with van der Waals surface area (Å²) in [5.41, 5.74) is 6.27. The van der Waals surface area contributed by atoms with Crippen LogP contribution in [0, 0.1) is 12.3 Å². The molecule has 1 aromatic carbocycles. The van der Waals surface area contributed by atoms with Gasteiger partial charge in [-0.15, -0.1) is 12.3 Å². The number of amides is 1.